The highest BCUT2D eigenvalue weighted by atomic mass is 16.5. The molecule has 1 heterocycles. The third kappa shape index (κ3) is 4.52. The predicted molar refractivity (Wildman–Crippen MR) is 80.8 cm³/mol. The summed E-state index contributed by atoms with van der Waals surface area (Å²) in [4.78, 5) is 11.7. The van der Waals surface area contributed by atoms with Crippen molar-refractivity contribution in [3.63, 3.8) is 0 Å². The molecule has 6 heteroatoms. The number of anilines is 1. The second kappa shape index (κ2) is 6.78. The van der Waals surface area contributed by atoms with E-state index >= 15 is 0 Å². The van der Waals surface area contributed by atoms with E-state index in [0.717, 1.165) is 11.3 Å². The lowest BCUT2D eigenvalue weighted by Gasteiger charge is -2.07. The van der Waals surface area contributed by atoms with Gasteiger partial charge in [0.05, 0.1) is 18.7 Å². The number of hydrogen-bond acceptors (Lipinski definition) is 4. The zero-order valence-electron chi connectivity index (χ0n) is 12.3. The summed E-state index contributed by atoms with van der Waals surface area (Å²) in [7, 11) is 1.86. The normalized spacial score (nSPS) is 10.4. The summed E-state index contributed by atoms with van der Waals surface area (Å²) in [6, 6.07) is 7.10. The number of aryl methyl sites for hydroxylation is 2. The molecule has 21 heavy (non-hydrogen) atoms. The second-order valence-corrected chi connectivity index (χ2v) is 4.86. The molecule has 0 saturated carbocycles. The third-order valence-corrected chi connectivity index (χ3v) is 3.07. The number of nitrogens with zero attached hydrogens (tertiary/aromatic N) is 2. The number of rotatable bonds is 6. The SMILES string of the molecule is Cc1nn(C)cc1CNC(=O)CCOc1ccc(N)cc1. The van der Waals surface area contributed by atoms with Gasteiger partial charge in [-0.05, 0) is 31.2 Å². The lowest BCUT2D eigenvalue weighted by Crippen LogP contribution is -2.24. The molecule has 6 nitrogen and oxygen atoms in total. The number of carbonyl (C=O) groups excluding carboxylic acids is 1. The Balaban J connectivity index is 1.70. The van der Waals surface area contributed by atoms with Crippen LogP contribution in [0.2, 0.25) is 0 Å². The van der Waals surface area contributed by atoms with Gasteiger partial charge in [0.1, 0.15) is 5.75 Å². The Kier molecular flexibility index (Phi) is 4.81. The Morgan fingerprint density at radius 3 is 2.71 bits per heavy atom. The summed E-state index contributed by atoms with van der Waals surface area (Å²) < 4.78 is 7.22. The van der Waals surface area contributed by atoms with E-state index in [1.54, 1.807) is 28.9 Å². The van der Waals surface area contributed by atoms with E-state index in [-0.39, 0.29) is 5.91 Å². The number of carbonyl (C=O) groups is 1. The van der Waals surface area contributed by atoms with Crippen molar-refractivity contribution in [2.24, 2.45) is 7.05 Å². The van der Waals surface area contributed by atoms with Gasteiger partial charge >= 0.3 is 0 Å². The largest absolute Gasteiger partial charge is 0.493 e. The van der Waals surface area contributed by atoms with Crippen molar-refractivity contribution >= 4 is 11.6 Å². The third-order valence-electron chi connectivity index (χ3n) is 3.07. The van der Waals surface area contributed by atoms with Crippen LogP contribution in [-0.2, 0) is 18.4 Å². The fourth-order valence-corrected chi connectivity index (χ4v) is 1.93. The first-order valence-corrected chi connectivity index (χ1v) is 6.79. The highest BCUT2D eigenvalue weighted by Gasteiger charge is 2.06. The number of nitrogens with two attached hydrogens (primary N) is 1. The van der Waals surface area contributed by atoms with Crippen LogP contribution in [0.4, 0.5) is 5.69 Å². The van der Waals surface area contributed by atoms with Gasteiger partial charge in [-0.1, -0.05) is 0 Å². The van der Waals surface area contributed by atoms with Gasteiger partial charge in [0, 0.05) is 31.0 Å². The number of hydrogen-bond donors (Lipinski definition) is 2. The van der Waals surface area contributed by atoms with Crippen molar-refractivity contribution in [1.82, 2.24) is 15.1 Å². The van der Waals surface area contributed by atoms with E-state index in [9.17, 15) is 4.79 Å². The van der Waals surface area contributed by atoms with Crippen LogP contribution < -0.4 is 15.8 Å². The molecule has 0 aliphatic rings. The smallest absolute Gasteiger partial charge is 0.223 e. The van der Waals surface area contributed by atoms with Gasteiger partial charge in [0.15, 0.2) is 0 Å². The van der Waals surface area contributed by atoms with Crippen LogP contribution in [0.25, 0.3) is 0 Å². The Morgan fingerprint density at radius 2 is 2.10 bits per heavy atom. The first-order chi connectivity index (χ1) is 10.0. The monoisotopic (exact) mass is 288 g/mol. The maximum Gasteiger partial charge on any atom is 0.223 e. The summed E-state index contributed by atoms with van der Waals surface area (Å²) in [5.41, 5.74) is 8.22. The Labute approximate surface area is 123 Å². The summed E-state index contributed by atoms with van der Waals surface area (Å²) in [6.45, 7) is 2.74. The fraction of sp³-hybridized carbons (Fsp3) is 0.333. The summed E-state index contributed by atoms with van der Waals surface area (Å²) in [5.74, 6) is 0.661. The van der Waals surface area contributed by atoms with Crippen LogP contribution in [0.15, 0.2) is 30.5 Å². The van der Waals surface area contributed by atoms with Crippen molar-refractivity contribution in [2.45, 2.75) is 19.9 Å². The molecule has 3 N–H and O–H groups in total. The minimum Gasteiger partial charge on any atom is -0.493 e. The van der Waals surface area contributed by atoms with E-state index in [4.69, 9.17) is 10.5 Å². The topological polar surface area (TPSA) is 82.2 Å². The number of benzene rings is 1. The molecular formula is C15H20N4O2. The van der Waals surface area contributed by atoms with Gasteiger partial charge in [-0.3, -0.25) is 9.48 Å². The molecule has 0 aliphatic heterocycles. The van der Waals surface area contributed by atoms with Gasteiger partial charge in [-0.15, -0.1) is 0 Å². The maximum absolute atomic E-state index is 11.7. The molecule has 2 rings (SSSR count). The van der Waals surface area contributed by atoms with Gasteiger partial charge in [0.2, 0.25) is 5.91 Å². The van der Waals surface area contributed by atoms with E-state index in [1.807, 2.05) is 20.2 Å². The van der Waals surface area contributed by atoms with Crippen molar-refractivity contribution < 1.29 is 9.53 Å². The standard InChI is InChI=1S/C15H20N4O2/c1-11-12(10-19(2)18-11)9-17-15(20)7-8-21-14-5-3-13(16)4-6-14/h3-6,10H,7-9,16H2,1-2H3,(H,17,20). The lowest BCUT2D eigenvalue weighted by atomic mass is 10.2. The molecule has 1 aromatic heterocycles. The first-order valence-electron chi connectivity index (χ1n) is 6.79. The average Bonchev–Trinajstić information content (AvgIpc) is 2.77. The molecule has 2 aromatic rings. The molecule has 0 atom stereocenters. The van der Waals surface area contributed by atoms with Crippen molar-refractivity contribution in [3.05, 3.63) is 41.7 Å². The maximum atomic E-state index is 11.7. The van der Waals surface area contributed by atoms with Crippen LogP contribution in [-0.4, -0.2) is 22.3 Å². The number of ether oxygens (including phenoxy) is 1. The molecular weight excluding hydrogens is 268 g/mol. The Morgan fingerprint density at radius 1 is 1.38 bits per heavy atom. The minimum atomic E-state index is -0.0475. The molecule has 1 amide bonds. The Bertz CT molecular complexity index is 605. The molecule has 0 bridgehead atoms. The van der Waals surface area contributed by atoms with Crippen LogP contribution in [0.5, 0.6) is 5.75 Å². The van der Waals surface area contributed by atoms with Crippen molar-refractivity contribution in [1.29, 1.82) is 0 Å². The van der Waals surface area contributed by atoms with Crippen LogP contribution >= 0.6 is 0 Å². The summed E-state index contributed by atoms with van der Waals surface area (Å²) in [6.07, 6.45) is 2.21. The van der Waals surface area contributed by atoms with E-state index in [1.165, 1.54) is 0 Å². The zero-order chi connectivity index (χ0) is 15.2. The van der Waals surface area contributed by atoms with E-state index in [2.05, 4.69) is 10.4 Å². The molecule has 0 aliphatic carbocycles. The molecule has 0 fully saturated rings. The highest BCUT2D eigenvalue weighted by molar-refractivity contribution is 5.76. The minimum absolute atomic E-state index is 0.0475. The summed E-state index contributed by atoms with van der Waals surface area (Å²) in [5, 5.41) is 7.08. The second-order valence-electron chi connectivity index (χ2n) is 4.86. The predicted octanol–water partition coefficient (Wildman–Crippen LogP) is 1.40. The van der Waals surface area contributed by atoms with Crippen LogP contribution in [0.1, 0.15) is 17.7 Å². The number of nitrogens with one attached hydrogen (secondary N) is 1. The van der Waals surface area contributed by atoms with E-state index < -0.39 is 0 Å². The van der Waals surface area contributed by atoms with Crippen LogP contribution in [0.3, 0.4) is 0 Å². The number of amides is 1. The zero-order valence-corrected chi connectivity index (χ0v) is 12.3. The highest BCUT2D eigenvalue weighted by Crippen LogP contribution is 2.13. The van der Waals surface area contributed by atoms with Gasteiger partial charge < -0.3 is 15.8 Å². The van der Waals surface area contributed by atoms with Crippen molar-refractivity contribution in [3.8, 4) is 5.75 Å². The average molecular weight is 288 g/mol. The molecule has 0 unspecified atom stereocenters. The van der Waals surface area contributed by atoms with Crippen molar-refractivity contribution in [2.75, 3.05) is 12.3 Å². The van der Waals surface area contributed by atoms with Gasteiger partial charge in [-0.25, -0.2) is 0 Å². The van der Waals surface area contributed by atoms with Gasteiger partial charge in [0.25, 0.3) is 0 Å². The first kappa shape index (κ1) is 14.9. The lowest BCUT2D eigenvalue weighted by molar-refractivity contribution is -0.121. The molecule has 0 radical (unpaired) electrons. The molecule has 0 saturated heterocycles. The quantitative estimate of drug-likeness (QED) is 0.787. The van der Waals surface area contributed by atoms with Gasteiger partial charge in [-0.2, -0.15) is 5.10 Å². The number of aromatic nitrogens is 2. The molecule has 112 valence electrons. The van der Waals surface area contributed by atoms with Crippen LogP contribution in [0, 0.1) is 6.92 Å². The fourth-order valence-electron chi connectivity index (χ4n) is 1.93. The number of nitrogen functional groups attached to an aromatic ring is 1. The van der Waals surface area contributed by atoms with E-state index in [0.29, 0.717) is 31.0 Å². The summed E-state index contributed by atoms with van der Waals surface area (Å²) >= 11 is 0. The molecule has 0 spiro atoms. The Hall–Kier alpha value is -2.50. The molecule has 1 aromatic carbocycles.